The lowest BCUT2D eigenvalue weighted by molar-refractivity contribution is -0.248. The largest absolute Gasteiger partial charge is 0.472 e. The van der Waals surface area contributed by atoms with Crippen LogP contribution in [0.5, 0.6) is 0 Å². The average Bonchev–Trinajstić information content (AvgIpc) is 2.26. The molecular formula is C8H16NO9P. The number of hydrogen-bond donors (Lipinski definition) is 6. The van der Waals surface area contributed by atoms with Gasteiger partial charge >= 0.3 is 7.82 Å². The molecule has 0 radical (unpaired) electrons. The molecule has 0 bridgehead atoms. The zero-order valence-corrected chi connectivity index (χ0v) is 10.8. The van der Waals surface area contributed by atoms with Gasteiger partial charge in [-0.05, 0) is 0 Å². The van der Waals surface area contributed by atoms with Crippen molar-refractivity contribution in [2.45, 2.75) is 37.6 Å². The molecule has 10 nitrogen and oxygen atoms in total. The SMILES string of the molecule is CC(=O)NC1C(O)[C@H](O)C(CO)O[C@@H]1OP(=O)(O)O. The number of phosphoric ester groups is 1. The highest BCUT2D eigenvalue weighted by Gasteiger charge is 2.47. The standard InChI is InChI=1S/C8H16NO9P/c1-3(11)9-5-7(13)6(12)4(2-10)17-8(5)18-19(14,15)16/h4-8,10,12-13H,2H2,1H3,(H,9,11)(H2,14,15,16)/t4?,5?,6-,7?,8-/m1/s1. The van der Waals surface area contributed by atoms with Gasteiger partial charge in [-0.25, -0.2) is 4.57 Å². The average molecular weight is 301 g/mol. The molecule has 1 aliphatic rings. The summed E-state index contributed by atoms with van der Waals surface area (Å²) < 4.78 is 20.0. The molecule has 0 aromatic rings. The van der Waals surface area contributed by atoms with Crippen molar-refractivity contribution >= 4 is 13.7 Å². The summed E-state index contributed by atoms with van der Waals surface area (Å²) in [4.78, 5) is 28.4. The molecule has 19 heavy (non-hydrogen) atoms. The fraction of sp³-hybridized carbons (Fsp3) is 0.875. The fourth-order valence-corrected chi connectivity index (χ4v) is 2.15. The molecule has 0 aromatic heterocycles. The topological polar surface area (TPSA) is 166 Å². The van der Waals surface area contributed by atoms with E-state index in [2.05, 4.69) is 9.84 Å². The van der Waals surface area contributed by atoms with Gasteiger partial charge in [0.2, 0.25) is 5.91 Å². The Hall–Kier alpha value is -0.580. The number of amides is 1. The molecule has 0 aliphatic carbocycles. The first-order chi connectivity index (χ1) is 8.65. The van der Waals surface area contributed by atoms with Gasteiger partial charge in [0.15, 0.2) is 6.29 Å². The lowest BCUT2D eigenvalue weighted by Crippen LogP contribution is -2.64. The van der Waals surface area contributed by atoms with Crippen LogP contribution >= 0.6 is 7.82 Å². The third-order valence-electron chi connectivity index (χ3n) is 2.49. The second-order valence-corrected chi connectivity index (χ2v) is 5.22. The lowest BCUT2D eigenvalue weighted by Gasteiger charge is -2.41. The number of aliphatic hydroxyl groups excluding tert-OH is 3. The number of phosphoric acid groups is 1. The molecule has 1 aliphatic heterocycles. The Morgan fingerprint density at radius 2 is 1.95 bits per heavy atom. The number of nitrogens with one attached hydrogen (secondary N) is 1. The predicted octanol–water partition coefficient (Wildman–Crippen LogP) is -2.96. The van der Waals surface area contributed by atoms with Crippen LogP contribution in [-0.2, 0) is 18.6 Å². The third kappa shape index (κ3) is 4.48. The summed E-state index contributed by atoms with van der Waals surface area (Å²) in [5.41, 5.74) is 0. The van der Waals surface area contributed by atoms with Gasteiger partial charge in [0.1, 0.15) is 24.4 Å². The maximum absolute atomic E-state index is 11.0. The van der Waals surface area contributed by atoms with E-state index in [4.69, 9.17) is 19.6 Å². The number of hydrogen-bond acceptors (Lipinski definition) is 7. The van der Waals surface area contributed by atoms with Crippen LogP contribution in [0.25, 0.3) is 0 Å². The Morgan fingerprint density at radius 1 is 1.37 bits per heavy atom. The predicted molar refractivity (Wildman–Crippen MR) is 58.5 cm³/mol. The van der Waals surface area contributed by atoms with Gasteiger partial charge < -0.3 is 35.2 Å². The molecule has 3 unspecified atom stereocenters. The maximum atomic E-state index is 11.0. The first kappa shape index (κ1) is 16.5. The molecular weight excluding hydrogens is 285 g/mol. The Balaban J connectivity index is 2.92. The second-order valence-electron chi connectivity index (χ2n) is 4.03. The van der Waals surface area contributed by atoms with Gasteiger partial charge in [0.05, 0.1) is 6.61 Å². The molecule has 1 heterocycles. The van der Waals surface area contributed by atoms with Gasteiger partial charge in [0, 0.05) is 6.92 Å². The minimum atomic E-state index is -4.95. The first-order valence-corrected chi connectivity index (χ1v) is 6.82. The van der Waals surface area contributed by atoms with Crippen LogP contribution in [0.1, 0.15) is 6.92 Å². The summed E-state index contributed by atoms with van der Waals surface area (Å²) >= 11 is 0. The fourth-order valence-electron chi connectivity index (χ4n) is 1.70. The van der Waals surface area contributed by atoms with Crippen LogP contribution in [0.2, 0.25) is 0 Å². The molecule has 0 saturated carbocycles. The minimum Gasteiger partial charge on any atom is -0.394 e. The Labute approximate surface area is 108 Å². The quantitative estimate of drug-likeness (QED) is 0.297. The van der Waals surface area contributed by atoms with E-state index in [-0.39, 0.29) is 0 Å². The van der Waals surface area contributed by atoms with Gasteiger partial charge in [-0.3, -0.25) is 9.32 Å². The summed E-state index contributed by atoms with van der Waals surface area (Å²) in [6.07, 6.45) is -6.17. The Morgan fingerprint density at radius 3 is 2.37 bits per heavy atom. The lowest BCUT2D eigenvalue weighted by atomic mass is 9.97. The highest BCUT2D eigenvalue weighted by molar-refractivity contribution is 7.46. The normalized spacial score (nSPS) is 36.0. The zero-order valence-electron chi connectivity index (χ0n) is 9.91. The van der Waals surface area contributed by atoms with E-state index in [0.29, 0.717) is 0 Å². The van der Waals surface area contributed by atoms with Gasteiger partial charge in [-0.15, -0.1) is 0 Å². The molecule has 1 amide bonds. The summed E-state index contributed by atoms with van der Waals surface area (Å²) in [5.74, 6) is -0.624. The molecule has 1 fully saturated rings. The van der Waals surface area contributed by atoms with Crippen molar-refractivity contribution in [1.82, 2.24) is 5.32 Å². The Bertz CT molecular complexity index is 371. The van der Waals surface area contributed by atoms with Crippen LogP contribution in [-0.4, -0.2) is 68.3 Å². The summed E-state index contributed by atoms with van der Waals surface area (Å²) in [6, 6.07) is -1.39. The molecule has 0 aromatic carbocycles. The molecule has 6 N–H and O–H groups in total. The smallest absolute Gasteiger partial charge is 0.394 e. The number of ether oxygens (including phenoxy) is 1. The minimum absolute atomic E-state index is 0.624. The van der Waals surface area contributed by atoms with Gasteiger partial charge in [-0.1, -0.05) is 0 Å². The molecule has 5 atom stereocenters. The zero-order chi connectivity index (χ0) is 14.8. The van der Waals surface area contributed by atoms with Gasteiger partial charge in [-0.2, -0.15) is 0 Å². The summed E-state index contributed by atoms with van der Waals surface area (Å²) in [7, 11) is -4.95. The third-order valence-corrected chi connectivity index (χ3v) is 2.97. The van der Waals surface area contributed by atoms with Crippen molar-refractivity contribution in [2.24, 2.45) is 0 Å². The molecule has 1 saturated heterocycles. The van der Waals surface area contributed by atoms with Crippen LogP contribution in [0.15, 0.2) is 0 Å². The van der Waals surface area contributed by atoms with Crippen molar-refractivity contribution in [3.05, 3.63) is 0 Å². The Kier molecular flexibility index (Phi) is 5.42. The van der Waals surface area contributed by atoms with E-state index in [9.17, 15) is 19.6 Å². The molecule has 1 rings (SSSR count). The van der Waals surface area contributed by atoms with Gasteiger partial charge in [0.25, 0.3) is 0 Å². The van der Waals surface area contributed by atoms with E-state index >= 15 is 0 Å². The van der Waals surface area contributed by atoms with E-state index in [1.807, 2.05) is 0 Å². The molecule has 0 spiro atoms. The van der Waals surface area contributed by atoms with Crippen LogP contribution in [0.3, 0.4) is 0 Å². The van der Waals surface area contributed by atoms with E-state index in [1.165, 1.54) is 0 Å². The number of carbonyl (C=O) groups is 1. The van der Waals surface area contributed by atoms with Crippen molar-refractivity contribution < 1.29 is 43.7 Å². The van der Waals surface area contributed by atoms with Crippen LogP contribution in [0, 0.1) is 0 Å². The van der Waals surface area contributed by atoms with E-state index in [0.717, 1.165) is 6.92 Å². The number of carbonyl (C=O) groups excluding carboxylic acids is 1. The highest BCUT2D eigenvalue weighted by atomic mass is 31.2. The van der Waals surface area contributed by atoms with E-state index < -0.39 is 51.0 Å². The van der Waals surface area contributed by atoms with E-state index in [1.54, 1.807) is 0 Å². The summed E-state index contributed by atoms with van der Waals surface area (Å²) in [6.45, 7) is 0.401. The highest BCUT2D eigenvalue weighted by Crippen LogP contribution is 2.40. The van der Waals surface area contributed by atoms with Crippen LogP contribution < -0.4 is 5.32 Å². The monoisotopic (exact) mass is 301 g/mol. The molecule has 112 valence electrons. The molecule has 11 heteroatoms. The van der Waals surface area contributed by atoms with Crippen molar-refractivity contribution in [1.29, 1.82) is 0 Å². The number of rotatable bonds is 4. The summed E-state index contributed by atoms with van der Waals surface area (Å²) in [5, 5.41) is 30.5. The van der Waals surface area contributed by atoms with Crippen molar-refractivity contribution in [3.8, 4) is 0 Å². The van der Waals surface area contributed by atoms with Crippen LogP contribution in [0.4, 0.5) is 0 Å². The number of aliphatic hydroxyl groups is 3. The maximum Gasteiger partial charge on any atom is 0.472 e. The van der Waals surface area contributed by atoms with Crippen molar-refractivity contribution in [3.63, 3.8) is 0 Å². The first-order valence-electron chi connectivity index (χ1n) is 5.29. The van der Waals surface area contributed by atoms with Crippen molar-refractivity contribution in [2.75, 3.05) is 6.61 Å². The second kappa shape index (κ2) is 6.25.